The fourth-order valence-electron chi connectivity index (χ4n) is 2.78. The Kier molecular flexibility index (Phi) is 6.26. The molecule has 0 unspecified atom stereocenters. The predicted octanol–water partition coefficient (Wildman–Crippen LogP) is 1.56. The Morgan fingerprint density at radius 3 is 2.35 bits per heavy atom. The van der Waals surface area contributed by atoms with Crippen molar-refractivity contribution < 1.29 is 17.9 Å². The van der Waals surface area contributed by atoms with Crippen molar-refractivity contribution in [3.05, 3.63) is 23.8 Å². The Morgan fingerprint density at radius 1 is 1.09 bits per heavy atom. The average Bonchev–Trinajstić information content (AvgIpc) is 2.55. The SMILES string of the molecule is CCCS(=O)(=O)N1CCN(Cc2ccc(OC)cc2OC)CC1. The number of hydrogen-bond acceptors (Lipinski definition) is 5. The molecule has 1 saturated heterocycles. The number of benzene rings is 1. The van der Waals surface area contributed by atoms with Gasteiger partial charge in [-0.3, -0.25) is 4.90 Å². The predicted molar refractivity (Wildman–Crippen MR) is 90.5 cm³/mol. The highest BCUT2D eigenvalue weighted by Crippen LogP contribution is 2.26. The highest BCUT2D eigenvalue weighted by Gasteiger charge is 2.26. The summed E-state index contributed by atoms with van der Waals surface area (Å²) < 4.78 is 36.4. The monoisotopic (exact) mass is 342 g/mol. The summed E-state index contributed by atoms with van der Waals surface area (Å²) in [6.45, 7) is 5.22. The minimum atomic E-state index is -3.09. The minimum absolute atomic E-state index is 0.235. The molecule has 0 bridgehead atoms. The summed E-state index contributed by atoms with van der Waals surface area (Å²) in [5.74, 6) is 1.80. The number of piperazine rings is 1. The quantitative estimate of drug-likeness (QED) is 0.753. The van der Waals surface area contributed by atoms with Gasteiger partial charge in [-0.05, 0) is 12.5 Å². The van der Waals surface area contributed by atoms with E-state index in [2.05, 4.69) is 4.90 Å². The zero-order chi connectivity index (χ0) is 16.9. The van der Waals surface area contributed by atoms with E-state index in [1.54, 1.807) is 18.5 Å². The number of nitrogens with zero attached hydrogens (tertiary/aromatic N) is 2. The number of methoxy groups -OCH3 is 2. The van der Waals surface area contributed by atoms with Crippen LogP contribution in [0, 0.1) is 0 Å². The zero-order valence-corrected chi connectivity index (χ0v) is 14.9. The van der Waals surface area contributed by atoms with Crippen molar-refractivity contribution in [2.45, 2.75) is 19.9 Å². The molecule has 0 spiro atoms. The molecule has 1 aromatic rings. The Bertz CT molecular complexity index is 611. The van der Waals surface area contributed by atoms with Gasteiger partial charge < -0.3 is 9.47 Å². The lowest BCUT2D eigenvalue weighted by Crippen LogP contribution is -2.48. The summed E-state index contributed by atoms with van der Waals surface area (Å²) in [6.07, 6.45) is 0.658. The van der Waals surface area contributed by atoms with Crippen molar-refractivity contribution in [3.8, 4) is 11.5 Å². The molecular weight excluding hydrogens is 316 g/mol. The standard InChI is InChI=1S/C16H26N2O4S/c1-4-11-23(19,20)18-9-7-17(8-10-18)13-14-5-6-15(21-2)12-16(14)22-3/h5-6,12H,4,7-11,13H2,1-3H3. The molecule has 6 nitrogen and oxygen atoms in total. The van der Waals surface area contributed by atoms with Crippen molar-refractivity contribution >= 4 is 10.0 Å². The molecule has 0 N–H and O–H groups in total. The third-order valence-electron chi connectivity index (χ3n) is 4.07. The fourth-order valence-corrected chi connectivity index (χ4v) is 4.27. The van der Waals surface area contributed by atoms with Gasteiger partial charge in [-0.25, -0.2) is 8.42 Å². The first-order valence-electron chi connectivity index (χ1n) is 7.91. The van der Waals surface area contributed by atoms with Gasteiger partial charge in [-0.2, -0.15) is 4.31 Å². The van der Waals surface area contributed by atoms with Gasteiger partial charge in [0.05, 0.1) is 20.0 Å². The van der Waals surface area contributed by atoms with E-state index >= 15 is 0 Å². The van der Waals surface area contributed by atoms with Crippen LogP contribution in [-0.4, -0.2) is 63.8 Å². The summed E-state index contributed by atoms with van der Waals surface area (Å²) in [6, 6.07) is 5.79. The molecule has 1 aliphatic rings. The molecule has 1 fully saturated rings. The van der Waals surface area contributed by atoms with Gasteiger partial charge in [-0.15, -0.1) is 0 Å². The first-order valence-corrected chi connectivity index (χ1v) is 9.52. The van der Waals surface area contributed by atoms with Crippen LogP contribution < -0.4 is 9.47 Å². The van der Waals surface area contributed by atoms with Crippen molar-refractivity contribution in [2.75, 3.05) is 46.2 Å². The molecule has 0 saturated carbocycles. The lowest BCUT2D eigenvalue weighted by molar-refractivity contribution is 0.180. The third kappa shape index (κ3) is 4.59. The van der Waals surface area contributed by atoms with Crippen LogP contribution in [0.4, 0.5) is 0 Å². The molecular formula is C16H26N2O4S. The maximum absolute atomic E-state index is 12.1. The molecule has 1 heterocycles. The lowest BCUT2D eigenvalue weighted by atomic mass is 10.1. The van der Waals surface area contributed by atoms with Gasteiger partial charge in [0, 0.05) is 44.4 Å². The molecule has 130 valence electrons. The van der Waals surface area contributed by atoms with Crippen LogP contribution in [0.25, 0.3) is 0 Å². The molecule has 0 atom stereocenters. The largest absolute Gasteiger partial charge is 0.497 e. The molecule has 23 heavy (non-hydrogen) atoms. The van der Waals surface area contributed by atoms with Crippen molar-refractivity contribution in [1.29, 1.82) is 0 Å². The Hall–Kier alpha value is -1.31. The molecule has 0 aliphatic carbocycles. The van der Waals surface area contributed by atoms with Gasteiger partial charge >= 0.3 is 0 Å². The second-order valence-corrected chi connectivity index (χ2v) is 7.76. The van der Waals surface area contributed by atoms with E-state index in [4.69, 9.17) is 9.47 Å². The summed E-state index contributed by atoms with van der Waals surface area (Å²) in [5.41, 5.74) is 1.08. The van der Waals surface area contributed by atoms with Crippen molar-refractivity contribution in [2.24, 2.45) is 0 Å². The highest BCUT2D eigenvalue weighted by molar-refractivity contribution is 7.89. The number of hydrogen-bond donors (Lipinski definition) is 0. The van der Waals surface area contributed by atoms with E-state index in [0.717, 1.165) is 36.7 Å². The Balaban J connectivity index is 1.97. The number of sulfonamides is 1. The topological polar surface area (TPSA) is 59.1 Å². The van der Waals surface area contributed by atoms with E-state index in [0.29, 0.717) is 19.5 Å². The van der Waals surface area contributed by atoms with E-state index in [1.165, 1.54) is 0 Å². The maximum atomic E-state index is 12.1. The summed E-state index contributed by atoms with van der Waals surface area (Å²) in [5, 5.41) is 0. The number of ether oxygens (including phenoxy) is 2. The van der Waals surface area contributed by atoms with Crippen LogP contribution in [0.1, 0.15) is 18.9 Å². The van der Waals surface area contributed by atoms with Gasteiger partial charge in [0.2, 0.25) is 10.0 Å². The highest BCUT2D eigenvalue weighted by atomic mass is 32.2. The Labute approximate surface area is 139 Å². The second-order valence-electron chi connectivity index (χ2n) is 5.67. The van der Waals surface area contributed by atoms with Crippen LogP contribution in [-0.2, 0) is 16.6 Å². The minimum Gasteiger partial charge on any atom is -0.497 e. The molecule has 7 heteroatoms. The first kappa shape index (κ1) is 18.0. The van der Waals surface area contributed by atoms with Crippen molar-refractivity contribution in [3.63, 3.8) is 0 Å². The van der Waals surface area contributed by atoms with E-state index in [-0.39, 0.29) is 5.75 Å². The van der Waals surface area contributed by atoms with E-state index < -0.39 is 10.0 Å². The maximum Gasteiger partial charge on any atom is 0.214 e. The van der Waals surface area contributed by atoms with Gasteiger partial charge in [0.25, 0.3) is 0 Å². The van der Waals surface area contributed by atoms with Crippen LogP contribution in [0.2, 0.25) is 0 Å². The van der Waals surface area contributed by atoms with Crippen LogP contribution in [0.15, 0.2) is 18.2 Å². The molecule has 0 aromatic heterocycles. The molecule has 2 rings (SSSR count). The summed E-state index contributed by atoms with van der Waals surface area (Å²) >= 11 is 0. The summed E-state index contributed by atoms with van der Waals surface area (Å²) in [7, 11) is 0.190. The summed E-state index contributed by atoms with van der Waals surface area (Å²) in [4.78, 5) is 2.25. The van der Waals surface area contributed by atoms with E-state index in [1.807, 2.05) is 25.1 Å². The average molecular weight is 342 g/mol. The molecule has 0 radical (unpaired) electrons. The third-order valence-corrected chi connectivity index (χ3v) is 6.15. The normalized spacial score (nSPS) is 17.2. The van der Waals surface area contributed by atoms with Gasteiger partial charge in [0.1, 0.15) is 11.5 Å². The molecule has 0 amide bonds. The first-order chi connectivity index (χ1) is 11.0. The zero-order valence-electron chi connectivity index (χ0n) is 14.1. The van der Waals surface area contributed by atoms with Crippen LogP contribution in [0.5, 0.6) is 11.5 Å². The smallest absolute Gasteiger partial charge is 0.214 e. The van der Waals surface area contributed by atoms with Crippen LogP contribution >= 0.6 is 0 Å². The van der Waals surface area contributed by atoms with Gasteiger partial charge in [0.15, 0.2) is 0 Å². The van der Waals surface area contributed by atoms with Gasteiger partial charge in [-0.1, -0.05) is 13.0 Å². The molecule has 1 aromatic carbocycles. The second kappa shape index (κ2) is 7.99. The lowest BCUT2D eigenvalue weighted by Gasteiger charge is -2.34. The molecule has 1 aliphatic heterocycles. The Morgan fingerprint density at radius 2 is 1.78 bits per heavy atom. The number of rotatable bonds is 7. The van der Waals surface area contributed by atoms with Crippen molar-refractivity contribution in [1.82, 2.24) is 9.21 Å². The fraction of sp³-hybridized carbons (Fsp3) is 0.625. The van der Waals surface area contributed by atoms with E-state index in [9.17, 15) is 8.42 Å². The van der Waals surface area contributed by atoms with Crippen LogP contribution in [0.3, 0.4) is 0 Å².